The lowest BCUT2D eigenvalue weighted by Gasteiger charge is -2.25. The Morgan fingerprint density at radius 3 is 2.80 bits per heavy atom. The van der Waals surface area contributed by atoms with Crippen LogP contribution in [0.25, 0.3) is 0 Å². The number of aromatic nitrogens is 2. The Hall–Kier alpha value is -0.430. The first-order valence-electron chi connectivity index (χ1n) is 4.94. The van der Waals surface area contributed by atoms with Crippen molar-refractivity contribution in [3.05, 3.63) is 15.9 Å². The van der Waals surface area contributed by atoms with Crippen molar-refractivity contribution >= 4 is 15.9 Å². The summed E-state index contributed by atoms with van der Waals surface area (Å²) in [4.78, 5) is 2.28. The van der Waals surface area contributed by atoms with E-state index in [0.717, 1.165) is 48.7 Å². The van der Waals surface area contributed by atoms with E-state index in [1.807, 2.05) is 0 Å². The van der Waals surface area contributed by atoms with Crippen LogP contribution in [0.5, 0.6) is 0 Å². The van der Waals surface area contributed by atoms with E-state index in [1.54, 1.807) is 0 Å². The van der Waals surface area contributed by atoms with E-state index in [-0.39, 0.29) is 6.61 Å². The van der Waals surface area contributed by atoms with Crippen molar-refractivity contribution in [1.82, 2.24) is 15.1 Å². The molecule has 0 spiro atoms. The fourth-order valence-electron chi connectivity index (χ4n) is 1.59. The number of aliphatic hydroxyl groups excluding tert-OH is 1. The number of morpholine rings is 1. The molecule has 0 bridgehead atoms. The Morgan fingerprint density at radius 1 is 1.47 bits per heavy atom. The normalized spacial score (nSPS) is 18.3. The van der Waals surface area contributed by atoms with Gasteiger partial charge in [-0.2, -0.15) is 5.10 Å². The number of nitrogens with one attached hydrogen (secondary N) is 1. The molecule has 1 saturated heterocycles. The highest BCUT2D eigenvalue weighted by molar-refractivity contribution is 9.10. The largest absolute Gasteiger partial charge is 0.390 e. The smallest absolute Gasteiger partial charge is 0.0908 e. The van der Waals surface area contributed by atoms with E-state index in [0.29, 0.717) is 0 Å². The Morgan fingerprint density at radius 2 is 2.20 bits per heavy atom. The lowest BCUT2D eigenvalue weighted by Crippen LogP contribution is -2.35. The van der Waals surface area contributed by atoms with Gasteiger partial charge < -0.3 is 9.84 Å². The van der Waals surface area contributed by atoms with Gasteiger partial charge in [0.15, 0.2) is 0 Å². The fraction of sp³-hybridized carbons (Fsp3) is 0.667. The number of hydrogen-bond donors (Lipinski definition) is 2. The summed E-state index contributed by atoms with van der Waals surface area (Å²) in [5.41, 5.74) is 1.68. The highest BCUT2D eigenvalue weighted by atomic mass is 79.9. The van der Waals surface area contributed by atoms with Crippen LogP contribution in [0, 0.1) is 0 Å². The third-order valence-corrected chi connectivity index (χ3v) is 3.42. The van der Waals surface area contributed by atoms with Crippen molar-refractivity contribution in [3.63, 3.8) is 0 Å². The molecule has 84 valence electrons. The van der Waals surface area contributed by atoms with Gasteiger partial charge in [0.05, 0.1) is 35.7 Å². The van der Waals surface area contributed by atoms with E-state index >= 15 is 0 Å². The molecule has 6 heteroatoms. The maximum absolute atomic E-state index is 9.00. The predicted molar refractivity (Wildman–Crippen MR) is 58.3 cm³/mol. The highest BCUT2D eigenvalue weighted by Gasteiger charge is 2.15. The molecule has 0 aromatic carbocycles. The first kappa shape index (κ1) is 11.1. The summed E-state index contributed by atoms with van der Waals surface area (Å²) in [6.07, 6.45) is 0. The lowest BCUT2D eigenvalue weighted by molar-refractivity contribution is 0.0335. The Bertz CT molecular complexity index is 323. The van der Waals surface area contributed by atoms with Crippen LogP contribution in [-0.2, 0) is 17.9 Å². The number of rotatable bonds is 3. The Balaban J connectivity index is 2.00. The molecule has 1 aromatic rings. The van der Waals surface area contributed by atoms with Crippen molar-refractivity contribution in [1.29, 1.82) is 0 Å². The van der Waals surface area contributed by atoms with Crippen molar-refractivity contribution < 1.29 is 9.84 Å². The van der Waals surface area contributed by atoms with E-state index in [1.165, 1.54) is 0 Å². The van der Waals surface area contributed by atoms with Crippen molar-refractivity contribution in [2.45, 2.75) is 13.2 Å². The summed E-state index contributed by atoms with van der Waals surface area (Å²) in [6, 6.07) is 0. The molecule has 1 aliphatic rings. The molecule has 15 heavy (non-hydrogen) atoms. The zero-order chi connectivity index (χ0) is 10.7. The third kappa shape index (κ3) is 2.57. The van der Waals surface area contributed by atoms with Crippen LogP contribution < -0.4 is 0 Å². The average molecular weight is 276 g/mol. The van der Waals surface area contributed by atoms with Gasteiger partial charge in [0.1, 0.15) is 0 Å². The first-order valence-corrected chi connectivity index (χ1v) is 5.73. The quantitative estimate of drug-likeness (QED) is 0.843. The lowest BCUT2D eigenvalue weighted by atomic mass is 10.3. The van der Waals surface area contributed by atoms with Crippen molar-refractivity contribution in [2.24, 2.45) is 0 Å². The van der Waals surface area contributed by atoms with Gasteiger partial charge in [0.2, 0.25) is 0 Å². The second-order valence-electron chi connectivity index (χ2n) is 3.51. The summed E-state index contributed by atoms with van der Waals surface area (Å²) in [5.74, 6) is 0. The summed E-state index contributed by atoms with van der Waals surface area (Å²) >= 11 is 3.43. The fourth-order valence-corrected chi connectivity index (χ4v) is 2.02. The summed E-state index contributed by atoms with van der Waals surface area (Å²) in [5, 5.41) is 16.0. The molecule has 0 unspecified atom stereocenters. The molecule has 1 fully saturated rings. The Labute approximate surface area is 96.5 Å². The van der Waals surface area contributed by atoms with Gasteiger partial charge in [-0.05, 0) is 15.9 Å². The van der Waals surface area contributed by atoms with Crippen LogP contribution in [0.15, 0.2) is 4.47 Å². The van der Waals surface area contributed by atoms with Gasteiger partial charge in [0, 0.05) is 19.6 Å². The van der Waals surface area contributed by atoms with Crippen LogP contribution >= 0.6 is 15.9 Å². The second kappa shape index (κ2) is 5.07. The number of aromatic amines is 1. The van der Waals surface area contributed by atoms with Crippen LogP contribution in [0.3, 0.4) is 0 Å². The molecule has 0 amide bonds. The SMILES string of the molecule is OCc1[nH]nc(CN2CCOCC2)c1Br. The number of hydrogen-bond acceptors (Lipinski definition) is 4. The minimum Gasteiger partial charge on any atom is -0.390 e. The van der Waals surface area contributed by atoms with E-state index in [9.17, 15) is 0 Å². The number of halogens is 1. The number of H-pyrrole nitrogens is 1. The minimum atomic E-state index is -0.0172. The van der Waals surface area contributed by atoms with Gasteiger partial charge >= 0.3 is 0 Å². The standard InChI is InChI=1S/C9H14BrN3O2/c10-9-7(11-12-8(9)6-14)5-13-1-3-15-4-2-13/h14H,1-6H2,(H,11,12). The summed E-state index contributed by atoms with van der Waals surface area (Å²) < 4.78 is 6.16. The maximum atomic E-state index is 9.00. The van der Waals surface area contributed by atoms with Crippen molar-refractivity contribution in [3.8, 4) is 0 Å². The molecule has 2 rings (SSSR count). The Kier molecular flexibility index (Phi) is 3.74. The van der Waals surface area contributed by atoms with Gasteiger partial charge in [0.25, 0.3) is 0 Å². The van der Waals surface area contributed by atoms with Gasteiger partial charge in [-0.1, -0.05) is 0 Å². The predicted octanol–water partition coefficient (Wildman–Crippen LogP) is 0.497. The molecule has 0 atom stereocenters. The topological polar surface area (TPSA) is 61.4 Å². The monoisotopic (exact) mass is 275 g/mol. The molecular formula is C9H14BrN3O2. The number of nitrogens with zero attached hydrogens (tertiary/aromatic N) is 2. The molecule has 2 heterocycles. The second-order valence-corrected chi connectivity index (χ2v) is 4.30. The molecule has 1 aliphatic heterocycles. The third-order valence-electron chi connectivity index (χ3n) is 2.48. The van der Waals surface area contributed by atoms with E-state index in [2.05, 4.69) is 31.0 Å². The average Bonchev–Trinajstić information content (AvgIpc) is 2.62. The molecule has 1 aromatic heterocycles. The number of aliphatic hydroxyl groups is 1. The molecular weight excluding hydrogens is 262 g/mol. The number of ether oxygens (including phenoxy) is 1. The van der Waals surface area contributed by atoms with E-state index < -0.39 is 0 Å². The summed E-state index contributed by atoms with van der Waals surface area (Å²) in [6.45, 7) is 4.22. The highest BCUT2D eigenvalue weighted by Crippen LogP contribution is 2.20. The molecule has 0 radical (unpaired) electrons. The zero-order valence-corrected chi connectivity index (χ0v) is 9.96. The zero-order valence-electron chi connectivity index (χ0n) is 8.37. The van der Waals surface area contributed by atoms with Gasteiger partial charge in [-0.15, -0.1) is 0 Å². The molecule has 5 nitrogen and oxygen atoms in total. The first-order chi connectivity index (χ1) is 7.31. The van der Waals surface area contributed by atoms with Gasteiger partial charge in [-0.3, -0.25) is 10.00 Å². The van der Waals surface area contributed by atoms with Crippen molar-refractivity contribution in [2.75, 3.05) is 26.3 Å². The van der Waals surface area contributed by atoms with Crippen LogP contribution in [0.2, 0.25) is 0 Å². The maximum Gasteiger partial charge on any atom is 0.0908 e. The molecule has 0 saturated carbocycles. The van der Waals surface area contributed by atoms with Crippen LogP contribution in [0.1, 0.15) is 11.4 Å². The molecule has 0 aliphatic carbocycles. The summed E-state index contributed by atoms with van der Waals surface area (Å²) in [7, 11) is 0. The minimum absolute atomic E-state index is 0.0172. The molecule has 2 N–H and O–H groups in total. The van der Waals surface area contributed by atoms with E-state index in [4.69, 9.17) is 9.84 Å². The van der Waals surface area contributed by atoms with Crippen LogP contribution in [0.4, 0.5) is 0 Å². The van der Waals surface area contributed by atoms with Gasteiger partial charge in [-0.25, -0.2) is 0 Å². The van der Waals surface area contributed by atoms with Crippen LogP contribution in [-0.4, -0.2) is 46.5 Å².